The first kappa shape index (κ1) is 14.8. The van der Waals surface area contributed by atoms with Crippen molar-refractivity contribution < 1.29 is 19.4 Å². The van der Waals surface area contributed by atoms with Crippen molar-refractivity contribution in [2.24, 2.45) is 11.3 Å². The van der Waals surface area contributed by atoms with Gasteiger partial charge in [0.25, 0.3) is 0 Å². The highest BCUT2D eigenvalue weighted by Crippen LogP contribution is 2.33. The third-order valence-electron chi connectivity index (χ3n) is 4.71. The number of carboxylic acid groups (broad SMARTS) is 1. The summed E-state index contributed by atoms with van der Waals surface area (Å²) in [6.45, 7) is 5.75. The van der Waals surface area contributed by atoms with Gasteiger partial charge in [-0.1, -0.05) is 6.92 Å². The zero-order chi connectivity index (χ0) is 13.9. The van der Waals surface area contributed by atoms with Crippen molar-refractivity contribution in [3.8, 4) is 0 Å². The Bertz CT molecular complexity index is 315. The number of aliphatic carboxylic acids is 1. The molecule has 0 spiro atoms. The average Bonchev–Trinajstić information content (AvgIpc) is 2.42. The second kappa shape index (κ2) is 6.20. The highest BCUT2D eigenvalue weighted by Gasteiger charge is 2.42. The number of hydrogen-bond acceptors (Lipinski definition) is 4. The number of carboxylic acids is 1. The summed E-state index contributed by atoms with van der Waals surface area (Å²) in [7, 11) is 1.74. The maximum atomic E-state index is 11.7. The largest absolute Gasteiger partial charge is 0.481 e. The van der Waals surface area contributed by atoms with Crippen LogP contribution in [-0.2, 0) is 14.3 Å². The quantitative estimate of drug-likeness (QED) is 0.833. The van der Waals surface area contributed by atoms with Gasteiger partial charge in [0.15, 0.2) is 0 Å². The molecular formula is C14H25NO4. The van der Waals surface area contributed by atoms with Crippen LogP contribution in [0.5, 0.6) is 0 Å². The van der Waals surface area contributed by atoms with E-state index in [4.69, 9.17) is 9.47 Å². The van der Waals surface area contributed by atoms with Crippen molar-refractivity contribution >= 4 is 5.97 Å². The van der Waals surface area contributed by atoms with Crippen LogP contribution in [0.2, 0.25) is 0 Å². The Kier molecular flexibility index (Phi) is 4.81. The van der Waals surface area contributed by atoms with Crippen molar-refractivity contribution in [3.63, 3.8) is 0 Å². The van der Waals surface area contributed by atoms with Crippen LogP contribution in [0.4, 0.5) is 0 Å². The summed E-state index contributed by atoms with van der Waals surface area (Å²) < 4.78 is 10.8. The van der Waals surface area contributed by atoms with E-state index in [1.165, 1.54) is 0 Å². The first-order valence-electron chi connectivity index (χ1n) is 7.14. The minimum Gasteiger partial charge on any atom is -0.481 e. The van der Waals surface area contributed by atoms with E-state index in [0.29, 0.717) is 38.5 Å². The Labute approximate surface area is 114 Å². The van der Waals surface area contributed by atoms with Crippen LogP contribution in [0.15, 0.2) is 0 Å². The topological polar surface area (TPSA) is 59.0 Å². The van der Waals surface area contributed by atoms with E-state index >= 15 is 0 Å². The zero-order valence-electron chi connectivity index (χ0n) is 11.9. The molecule has 5 nitrogen and oxygen atoms in total. The van der Waals surface area contributed by atoms with Crippen LogP contribution >= 0.6 is 0 Å². The second-order valence-electron chi connectivity index (χ2n) is 5.97. The van der Waals surface area contributed by atoms with Crippen molar-refractivity contribution in [3.05, 3.63) is 0 Å². The minimum atomic E-state index is -0.677. The SMILES string of the molecule is COC1CN(CC2(C(=O)O)CCOCC2)CCC1C. The molecule has 2 saturated heterocycles. The highest BCUT2D eigenvalue weighted by atomic mass is 16.5. The molecule has 2 fully saturated rings. The molecule has 2 rings (SSSR count). The number of piperidine rings is 1. The fourth-order valence-corrected chi connectivity index (χ4v) is 3.18. The molecule has 110 valence electrons. The van der Waals surface area contributed by atoms with Crippen molar-refractivity contribution in [1.29, 1.82) is 0 Å². The predicted octanol–water partition coefficient (Wildman–Crippen LogP) is 1.22. The molecule has 5 heteroatoms. The van der Waals surface area contributed by atoms with E-state index < -0.39 is 11.4 Å². The molecule has 0 saturated carbocycles. The van der Waals surface area contributed by atoms with Crippen LogP contribution in [0.1, 0.15) is 26.2 Å². The normalized spacial score (nSPS) is 32.1. The first-order valence-corrected chi connectivity index (χ1v) is 7.14. The molecule has 2 aliphatic heterocycles. The average molecular weight is 271 g/mol. The van der Waals surface area contributed by atoms with Gasteiger partial charge < -0.3 is 14.6 Å². The zero-order valence-corrected chi connectivity index (χ0v) is 11.9. The lowest BCUT2D eigenvalue weighted by Gasteiger charge is -2.42. The Morgan fingerprint density at radius 3 is 2.74 bits per heavy atom. The van der Waals surface area contributed by atoms with Gasteiger partial charge in [-0.2, -0.15) is 0 Å². The molecule has 2 heterocycles. The number of likely N-dealkylation sites (tertiary alicyclic amines) is 1. The van der Waals surface area contributed by atoms with E-state index in [1.54, 1.807) is 7.11 Å². The fourth-order valence-electron chi connectivity index (χ4n) is 3.18. The molecule has 2 unspecified atom stereocenters. The lowest BCUT2D eigenvalue weighted by molar-refractivity contribution is -0.157. The maximum Gasteiger partial charge on any atom is 0.311 e. The number of hydrogen-bond donors (Lipinski definition) is 1. The first-order chi connectivity index (χ1) is 9.07. The van der Waals surface area contributed by atoms with Crippen LogP contribution < -0.4 is 0 Å². The van der Waals surface area contributed by atoms with Gasteiger partial charge in [0.1, 0.15) is 0 Å². The molecule has 0 radical (unpaired) electrons. The Morgan fingerprint density at radius 2 is 2.16 bits per heavy atom. The van der Waals surface area contributed by atoms with E-state index in [1.807, 2.05) is 0 Å². The molecule has 0 aliphatic carbocycles. The van der Waals surface area contributed by atoms with Gasteiger partial charge in [0.05, 0.1) is 11.5 Å². The molecule has 2 aliphatic rings. The number of nitrogens with zero attached hydrogens (tertiary/aromatic N) is 1. The van der Waals surface area contributed by atoms with Crippen molar-refractivity contribution in [2.45, 2.75) is 32.3 Å². The number of methoxy groups -OCH3 is 1. The predicted molar refractivity (Wildman–Crippen MR) is 71.1 cm³/mol. The molecular weight excluding hydrogens is 246 g/mol. The molecule has 0 aromatic rings. The second-order valence-corrected chi connectivity index (χ2v) is 5.97. The molecule has 2 atom stereocenters. The Hall–Kier alpha value is -0.650. The fraction of sp³-hybridized carbons (Fsp3) is 0.929. The lowest BCUT2D eigenvalue weighted by atomic mass is 9.79. The lowest BCUT2D eigenvalue weighted by Crippen LogP contribution is -2.52. The van der Waals surface area contributed by atoms with Crippen LogP contribution in [0, 0.1) is 11.3 Å². The molecule has 0 aromatic carbocycles. The summed E-state index contributed by atoms with van der Waals surface area (Å²) in [5, 5.41) is 9.58. The monoisotopic (exact) mass is 271 g/mol. The summed E-state index contributed by atoms with van der Waals surface area (Å²) in [5.41, 5.74) is -0.628. The summed E-state index contributed by atoms with van der Waals surface area (Å²) in [5.74, 6) is -0.125. The van der Waals surface area contributed by atoms with E-state index in [0.717, 1.165) is 19.5 Å². The van der Waals surface area contributed by atoms with Gasteiger partial charge in [-0.25, -0.2) is 0 Å². The highest BCUT2D eigenvalue weighted by molar-refractivity contribution is 5.75. The van der Waals surface area contributed by atoms with Gasteiger partial charge in [-0.3, -0.25) is 9.69 Å². The summed E-state index contributed by atoms with van der Waals surface area (Å²) in [4.78, 5) is 13.9. The van der Waals surface area contributed by atoms with Gasteiger partial charge >= 0.3 is 5.97 Å². The molecule has 0 amide bonds. The smallest absolute Gasteiger partial charge is 0.311 e. The van der Waals surface area contributed by atoms with Crippen molar-refractivity contribution in [1.82, 2.24) is 4.90 Å². The third kappa shape index (κ3) is 3.27. The molecule has 1 N–H and O–H groups in total. The third-order valence-corrected chi connectivity index (χ3v) is 4.71. The van der Waals surface area contributed by atoms with Crippen LogP contribution in [-0.4, -0.2) is 62.0 Å². The molecule has 0 bridgehead atoms. The molecule has 19 heavy (non-hydrogen) atoms. The van der Waals surface area contributed by atoms with E-state index in [9.17, 15) is 9.90 Å². The van der Waals surface area contributed by atoms with Gasteiger partial charge in [-0.15, -0.1) is 0 Å². The summed E-state index contributed by atoms with van der Waals surface area (Å²) in [6, 6.07) is 0. The molecule has 0 aromatic heterocycles. The van der Waals surface area contributed by atoms with E-state index in [-0.39, 0.29) is 6.10 Å². The standard InChI is InChI=1S/C14H25NO4/c1-11-3-6-15(9-12(11)18-2)10-14(13(16)17)4-7-19-8-5-14/h11-12H,3-10H2,1-2H3,(H,16,17). The van der Waals surface area contributed by atoms with Crippen LogP contribution in [0.25, 0.3) is 0 Å². The summed E-state index contributed by atoms with van der Waals surface area (Å²) in [6.07, 6.45) is 2.53. The van der Waals surface area contributed by atoms with Crippen LogP contribution in [0.3, 0.4) is 0 Å². The van der Waals surface area contributed by atoms with E-state index in [2.05, 4.69) is 11.8 Å². The number of ether oxygens (including phenoxy) is 2. The minimum absolute atomic E-state index is 0.222. The summed E-state index contributed by atoms with van der Waals surface area (Å²) >= 11 is 0. The van der Waals surface area contributed by atoms with Crippen molar-refractivity contribution in [2.75, 3.05) is 40.0 Å². The number of rotatable bonds is 4. The van der Waals surface area contributed by atoms with Gasteiger partial charge in [0, 0.05) is 33.4 Å². The van der Waals surface area contributed by atoms with Gasteiger partial charge in [0.2, 0.25) is 0 Å². The van der Waals surface area contributed by atoms with Gasteiger partial charge in [-0.05, 0) is 31.7 Å². The number of carbonyl (C=O) groups is 1. The maximum absolute atomic E-state index is 11.7. The Balaban J connectivity index is 1.99. The Morgan fingerprint density at radius 1 is 1.47 bits per heavy atom.